The van der Waals surface area contributed by atoms with E-state index >= 15 is 0 Å². The van der Waals surface area contributed by atoms with Gasteiger partial charge in [-0.3, -0.25) is 4.79 Å². The van der Waals surface area contributed by atoms with E-state index in [2.05, 4.69) is 81.1 Å². The Bertz CT molecular complexity index is 765. The minimum absolute atomic E-state index is 0.0356. The van der Waals surface area contributed by atoms with Gasteiger partial charge in [0.25, 0.3) is 0 Å². The summed E-state index contributed by atoms with van der Waals surface area (Å²) in [6.45, 7) is 10.8. The highest BCUT2D eigenvalue weighted by molar-refractivity contribution is 5.98. The first-order valence-corrected chi connectivity index (χ1v) is 9.30. The summed E-state index contributed by atoms with van der Waals surface area (Å²) in [5.74, 6) is 0.267. The standard InChI is InChI=1S/C23H29NO/c1-6-17(2)21(25)24-20-15-11-10-14-19(20)23(5,16-22(24,3)4)18-12-8-7-9-13-18/h7-15,17H,6,16H2,1-5H3/t17-,23+/m0/s1. The Balaban J connectivity index is 2.20. The summed E-state index contributed by atoms with van der Waals surface area (Å²) in [6, 6.07) is 19.1. The van der Waals surface area contributed by atoms with Crippen molar-refractivity contribution in [3.63, 3.8) is 0 Å². The highest BCUT2D eigenvalue weighted by Gasteiger charge is 2.47. The SMILES string of the molecule is CC[C@H](C)C(=O)N1c2ccccc2[C@@](C)(c2ccccc2)CC1(C)C. The number of carbonyl (C=O) groups excluding carboxylic acids is 1. The minimum atomic E-state index is -0.237. The van der Waals surface area contributed by atoms with Crippen molar-refractivity contribution in [1.29, 1.82) is 0 Å². The second-order valence-electron chi connectivity index (χ2n) is 8.19. The smallest absolute Gasteiger partial charge is 0.230 e. The molecule has 0 radical (unpaired) electrons. The molecule has 2 atom stereocenters. The van der Waals surface area contributed by atoms with E-state index in [9.17, 15) is 4.79 Å². The maximum Gasteiger partial charge on any atom is 0.230 e. The van der Waals surface area contributed by atoms with Crippen molar-refractivity contribution in [2.75, 3.05) is 4.90 Å². The van der Waals surface area contributed by atoms with Gasteiger partial charge in [0.2, 0.25) is 5.91 Å². The molecule has 0 saturated carbocycles. The van der Waals surface area contributed by atoms with Crippen LogP contribution in [0, 0.1) is 5.92 Å². The van der Waals surface area contributed by atoms with Gasteiger partial charge >= 0.3 is 0 Å². The number of hydrogen-bond acceptors (Lipinski definition) is 1. The molecule has 0 unspecified atom stereocenters. The predicted octanol–water partition coefficient (Wildman–Crippen LogP) is 5.55. The third-order valence-corrected chi connectivity index (χ3v) is 5.80. The van der Waals surface area contributed by atoms with Crippen LogP contribution in [0.3, 0.4) is 0 Å². The predicted molar refractivity (Wildman–Crippen MR) is 105 cm³/mol. The summed E-state index contributed by atoms with van der Waals surface area (Å²) in [7, 11) is 0. The molecule has 0 N–H and O–H groups in total. The van der Waals surface area contributed by atoms with Gasteiger partial charge < -0.3 is 4.90 Å². The molecule has 132 valence electrons. The second kappa shape index (κ2) is 6.33. The molecule has 0 spiro atoms. The van der Waals surface area contributed by atoms with Gasteiger partial charge in [-0.05, 0) is 43.9 Å². The molecule has 0 fully saturated rings. The van der Waals surface area contributed by atoms with E-state index in [4.69, 9.17) is 0 Å². The molecule has 0 saturated heterocycles. The Labute approximate surface area is 151 Å². The van der Waals surface area contributed by atoms with Crippen LogP contribution in [0.1, 0.15) is 58.6 Å². The first-order valence-electron chi connectivity index (χ1n) is 9.30. The number of amides is 1. The maximum atomic E-state index is 13.2. The van der Waals surface area contributed by atoms with Crippen molar-refractivity contribution in [2.24, 2.45) is 5.92 Å². The van der Waals surface area contributed by atoms with Crippen LogP contribution in [-0.2, 0) is 10.2 Å². The lowest BCUT2D eigenvalue weighted by Gasteiger charge is -2.52. The monoisotopic (exact) mass is 335 g/mol. The quantitative estimate of drug-likeness (QED) is 0.719. The molecule has 2 aromatic carbocycles. The molecule has 25 heavy (non-hydrogen) atoms. The lowest BCUT2D eigenvalue weighted by molar-refractivity contribution is -0.123. The van der Waals surface area contributed by atoms with Gasteiger partial charge in [-0.1, -0.05) is 69.3 Å². The van der Waals surface area contributed by atoms with Crippen molar-refractivity contribution in [1.82, 2.24) is 0 Å². The van der Waals surface area contributed by atoms with Crippen molar-refractivity contribution in [3.05, 3.63) is 65.7 Å². The molecule has 0 aromatic heterocycles. The average Bonchev–Trinajstić information content (AvgIpc) is 2.61. The van der Waals surface area contributed by atoms with Crippen LogP contribution in [0.25, 0.3) is 0 Å². The Morgan fingerprint density at radius 3 is 2.28 bits per heavy atom. The fourth-order valence-electron chi connectivity index (χ4n) is 4.38. The summed E-state index contributed by atoms with van der Waals surface area (Å²) < 4.78 is 0. The molecule has 2 nitrogen and oxygen atoms in total. The van der Waals surface area contributed by atoms with Crippen LogP contribution >= 0.6 is 0 Å². The highest BCUT2D eigenvalue weighted by atomic mass is 16.2. The summed E-state index contributed by atoms with van der Waals surface area (Å²) in [5, 5.41) is 0. The van der Waals surface area contributed by atoms with Crippen LogP contribution in [-0.4, -0.2) is 11.4 Å². The lowest BCUT2D eigenvalue weighted by atomic mass is 9.65. The number of rotatable bonds is 3. The van der Waals surface area contributed by atoms with E-state index in [0.717, 1.165) is 18.5 Å². The van der Waals surface area contributed by atoms with E-state index in [0.29, 0.717) is 0 Å². The summed E-state index contributed by atoms with van der Waals surface area (Å²) >= 11 is 0. The molecule has 2 aromatic rings. The topological polar surface area (TPSA) is 20.3 Å². The minimum Gasteiger partial charge on any atom is -0.306 e. The number of para-hydroxylation sites is 1. The van der Waals surface area contributed by atoms with Crippen LogP contribution in [0.15, 0.2) is 54.6 Å². The van der Waals surface area contributed by atoms with E-state index in [1.807, 2.05) is 13.0 Å². The van der Waals surface area contributed by atoms with E-state index < -0.39 is 0 Å². The molecule has 1 amide bonds. The number of fused-ring (bicyclic) bond motifs is 1. The first-order chi connectivity index (χ1) is 11.8. The Hall–Kier alpha value is -2.09. The van der Waals surface area contributed by atoms with Crippen molar-refractivity contribution in [3.8, 4) is 0 Å². The number of benzene rings is 2. The summed E-state index contributed by atoms with van der Waals surface area (Å²) in [6.07, 6.45) is 1.77. The fraction of sp³-hybridized carbons (Fsp3) is 0.435. The van der Waals surface area contributed by atoms with Gasteiger partial charge in [-0.2, -0.15) is 0 Å². The van der Waals surface area contributed by atoms with E-state index in [1.165, 1.54) is 11.1 Å². The summed E-state index contributed by atoms with van der Waals surface area (Å²) in [5.41, 5.74) is 3.28. The van der Waals surface area contributed by atoms with Gasteiger partial charge in [0.1, 0.15) is 0 Å². The van der Waals surface area contributed by atoms with Crippen molar-refractivity contribution >= 4 is 11.6 Å². The zero-order chi connectivity index (χ0) is 18.2. The molecule has 2 heteroatoms. The van der Waals surface area contributed by atoms with Gasteiger partial charge in [-0.15, -0.1) is 0 Å². The van der Waals surface area contributed by atoms with E-state index in [-0.39, 0.29) is 22.8 Å². The molecule has 0 bridgehead atoms. The Morgan fingerprint density at radius 1 is 1.04 bits per heavy atom. The van der Waals surface area contributed by atoms with Crippen LogP contribution in [0.5, 0.6) is 0 Å². The fourth-order valence-corrected chi connectivity index (χ4v) is 4.38. The van der Waals surface area contributed by atoms with Crippen LogP contribution < -0.4 is 4.90 Å². The van der Waals surface area contributed by atoms with Crippen molar-refractivity contribution < 1.29 is 4.79 Å². The zero-order valence-electron chi connectivity index (χ0n) is 16.0. The summed E-state index contributed by atoms with van der Waals surface area (Å²) in [4.78, 5) is 15.2. The normalized spacial score (nSPS) is 23.0. The second-order valence-corrected chi connectivity index (χ2v) is 8.19. The molecule has 3 rings (SSSR count). The van der Waals surface area contributed by atoms with Gasteiger partial charge in [0.05, 0.1) is 0 Å². The maximum absolute atomic E-state index is 13.2. The zero-order valence-corrected chi connectivity index (χ0v) is 16.0. The third-order valence-electron chi connectivity index (χ3n) is 5.80. The number of hydrogen-bond donors (Lipinski definition) is 0. The van der Waals surface area contributed by atoms with Crippen LogP contribution in [0.4, 0.5) is 5.69 Å². The third kappa shape index (κ3) is 2.88. The van der Waals surface area contributed by atoms with Crippen LogP contribution in [0.2, 0.25) is 0 Å². The number of nitrogens with zero attached hydrogens (tertiary/aromatic N) is 1. The average molecular weight is 335 g/mol. The molecular weight excluding hydrogens is 306 g/mol. The Kier molecular flexibility index (Phi) is 4.49. The van der Waals surface area contributed by atoms with Gasteiger partial charge in [0, 0.05) is 22.6 Å². The molecular formula is C23H29NO. The largest absolute Gasteiger partial charge is 0.306 e. The molecule has 1 aliphatic rings. The molecule has 0 aliphatic carbocycles. The number of anilines is 1. The highest BCUT2D eigenvalue weighted by Crippen LogP contribution is 2.50. The van der Waals surface area contributed by atoms with E-state index in [1.54, 1.807) is 0 Å². The molecule has 1 heterocycles. The molecule has 1 aliphatic heterocycles. The van der Waals surface area contributed by atoms with Gasteiger partial charge in [-0.25, -0.2) is 0 Å². The van der Waals surface area contributed by atoms with Gasteiger partial charge in [0.15, 0.2) is 0 Å². The number of carbonyl (C=O) groups is 1. The van der Waals surface area contributed by atoms with Crippen molar-refractivity contribution in [2.45, 2.75) is 58.4 Å². The first kappa shape index (κ1) is 17.7. The Morgan fingerprint density at radius 2 is 1.64 bits per heavy atom. The lowest BCUT2D eigenvalue weighted by Crippen LogP contribution is -2.57.